The van der Waals surface area contributed by atoms with E-state index in [4.69, 9.17) is 4.74 Å². The fraction of sp³-hybridized carbons (Fsp3) is 0.571. The van der Waals surface area contributed by atoms with Crippen LogP contribution >= 0.6 is 0 Å². The van der Waals surface area contributed by atoms with E-state index in [0.29, 0.717) is 32.4 Å². The summed E-state index contributed by atoms with van der Waals surface area (Å²) in [5, 5.41) is 0. The Balaban J connectivity index is 1.76. The number of piperidine rings is 1. The second-order valence-corrected chi connectivity index (χ2v) is 9.65. The van der Waals surface area contributed by atoms with E-state index < -0.39 is 26.1 Å². The molecule has 1 N–H and O–H groups in total. The van der Waals surface area contributed by atoms with Crippen molar-refractivity contribution in [2.45, 2.75) is 30.2 Å². The molecule has 0 radical (unpaired) electrons. The van der Waals surface area contributed by atoms with Crippen molar-refractivity contribution in [1.82, 2.24) is 9.03 Å². The van der Waals surface area contributed by atoms with Crippen molar-refractivity contribution < 1.29 is 21.6 Å². The molecule has 1 aromatic rings. The van der Waals surface area contributed by atoms with Crippen LogP contribution in [0.2, 0.25) is 0 Å². The molecule has 128 valence electrons. The molecule has 3 rings (SSSR count). The van der Waals surface area contributed by atoms with E-state index in [1.165, 1.54) is 10.4 Å². The van der Waals surface area contributed by atoms with Crippen LogP contribution in [-0.4, -0.2) is 53.1 Å². The molecule has 1 fully saturated rings. The third-order valence-electron chi connectivity index (χ3n) is 4.15. The molecular weight excluding hydrogens is 340 g/mol. The fourth-order valence-corrected chi connectivity index (χ4v) is 5.18. The molecular formula is C14H20N2O5S2. The van der Waals surface area contributed by atoms with Gasteiger partial charge >= 0.3 is 0 Å². The molecule has 1 atom stereocenters. The van der Waals surface area contributed by atoms with E-state index in [9.17, 15) is 16.8 Å². The van der Waals surface area contributed by atoms with Gasteiger partial charge in [0.1, 0.15) is 5.75 Å². The molecule has 0 aliphatic carbocycles. The smallest absolute Gasteiger partial charge is 0.240 e. The minimum atomic E-state index is -3.68. The first-order valence-corrected chi connectivity index (χ1v) is 10.8. The Morgan fingerprint density at radius 3 is 2.78 bits per heavy atom. The Labute approximate surface area is 136 Å². The zero-order chi connectivity index (χ0) is 16.7. The Morgan fingerprint density at radius 1 is 1.26 bits per heavy atom. The highest BCUT2D eigenvalue weighted by molar-refractivity contribution is 7.89. The molecule has 0 bridgehead atoms. The topological polar surface area (TPSA) is 92.8 Å². The van der Waals surface area contributed by atoms with Crippen molar-refractivity contribution >= 4 is 20.0 Å². The number of fused-ring (bicyclic) bond motifs is 1. The van der Waals surface area contributed by atoms with E-state index in [0.717, 1.165) is 17.6 Å². The van der Waals surface area contributed by atoms with Crippen molar-refractivity contribution in [3.05, 3.63) is 23.8 Å². The lowest BCUT2D eigenvalue weighted by Gasteiger charge is -2.31. The summed E-state index contributed by atoms with van der Waals surface area (Å²) in [6, 6.07) is 4.40. The molecule has 7 nitrogen and oxygen atoms in total. The lowest BCUT2D eigenvalue weighted by atomic mass is 10.1. The van der Waals surface area contributed by atoms with Gasteiger partial charge in [-0.2, -0.15) is 0 Å². The summed E-state index contributed by atoms with van der Waals surface area (Å²) < 4.78 is 57.7. The van der Waals surface area contributed by atoms with Crippen molar-refractivity contribution in [1.29, 1.82) is 0 Å². The first kappa shape index (κ1) is 16.7. The summed E-state index contributed by atoms with van der Waals surface area (Å²) in [5.74, 6) is 0.727. The predicted octanol–water partition coefficient (Wildman–Crippen LogP) is 0.324. The fourth-order valence-electron chi connectivity index (χ4n) is 2.96. The summed E-state index contributed by atoms with van der Waals surface area (Å²) in [6.07, 6.45) is 3.10. The molecule has 0 amide bonds. The molecule has 2 heterocycles. The molecule has 1 aromatic carbocycles. The van der Waals surface area contributed by atoms with Crippen LogP contribution in [0.1, 0.15) is 18.4 Å². The maximum atomic E-state index is 12.5. The van der Waals surface area contributed by atoms with Gasteiger partial charge < -0.3 is 4.74 Å². The van der Waals surface area contributed by atoms with Gasteiger partial charge in [0.05, 0.1) is 17.8 Å². The zero-order valence-electron chi connectivity index (χ0n) is 12.9. The van der Waals surface area contributed by atoms with Gasteiger partial charge in [-0.15, -0.1) is 0 Å². The van der Waals surface area contributed by atoms with E-state index >= 15 is 0 Å². The van der Waals surface area contributed by atoms with Crippen LogP contribution in [0.3, 0.4) is 0 Å². The highest BCUT2D eigenvalue weighted by Gasteiger charge is 2.29. The Kier molecular flexibility index (Phi) is 4.39. The van der Waals surface area contributed by atoms with E-state index in [1.54, 1.807) is 12.1 Å². The molecule has 0 aromatic heterocycles. The van der Waals surface area contributed by atoms with Crippen LogP contribution in [0.25, 0.3) is 0 Å². The van der Waals surface area contributed by atoms with Gasteiger partial charge in [0.25, 0.3) is 0 Å². The lowest BCUT2D eigenvalue weighted by molar-refractivity contribution is 0.305. The van der Waals surface area contributed by atoms with Gasteiger partial charge in [0.2, 0.25) is 20.0 Å². The largest absolute Gasteiger partial charge is 0.493 e. The average molecular weight is 360 g/mol. The van der Waals surface area contributed by atoms with E-state index in [2.05, 4.69) is 4.72 Å². The van der Waals surface area contributed by atoms with Gasteiger partial charge in [-0.3, -0.25) is 0 Å². The monoisotopic (exact) mass is 360 g/mol. The summed E-state index contributed by atoms with van der Waals surface area (Å²) in [4.78, 5) is 0.193. The van der Waals surface area contributed by atoms with Gasteiger partial charge in [-0.05, 0) is 36.6 Å². The van der Waals surface area contributed by atoms with Gasteiger partial charge in [0, 0.05) is 25.6 Å². The lowest BCUT2D eigenvalue weighted by Crippen LogP contribution is -2.49. The van der Waals surface area contributed by atoms with Gasteiger partial charge in [-0.25, -0.2) is 25.9 Å². The minimum Gasteiger partial charge on any atom is -0.493 e. The average Bonchev–Trinajstić information content (AvgIpc) is 2.93. The standard InChI is InChI=1S/C14H20N2O5S2/c1-22(17,18)16-7-2-3-12(10-16)15-23(19,20)13-4-5-14-11(9-13)6-8-21-14/h4-5,9,12,15H,2-3,6-8,10H2,1H3. The maximum Gasteiger partial charge on any atom is 0.240 e. The van der Waals surface area contributed by atoms with Gasteiger partial charge in [0.15, 0.2) is 0 Å². The molecule has 23 heavy (non-hydrogen) atoms. The molecule has 2 aliphatic heterocycles. The molecule has 1 saturated heterocycles. The zero-order valence-corrected chi connectivity index (χ0v) is 14.5. The summed E-state index contributed by atoms with van der Waals surface area (Å²) in [7, 11) is -6.98. The molecule has 9 heteroatoms. The number of sulfonamides is 2. The summed E-state index contributed by atoms with van der Waals surface area (Å²) >= 11 is 0. The van der Waals surface area contributed by atoms with E-state index in [1.807, 2.05) is 0 Å². The quantitative estimate of drug-likeness (QED) is 0.835. The molecule has 2 aliphatic rings. The minimum absolute atomic E-state index is 0.173. The summed E-state index contributed by atoms with van der Waals surface area (Å²) in [5.41, 5.74) is 0.884. The van der Waals surface area contributed by atoms with Crippen LogP contribution in [0.15, 0.2) is 23.1 Å². The van der Waals surface area contributed by atoms with Crippen molar-refractivity contribution in [3.63, 3.8) is 0 Å². The second-order valence-electron chi connectivity index (χ2n) is 5.95. The highest BCUT2D eigenvalue weighted by atomic mass is 32.2. The third-order valence-corrected chi connectivity index (χ3v) is 6.93. The number of rotatable bonds is 4. The highest BCUT2D eigenvalue weighted by Crippen LogP contribution is 2.28. The van der Waals surface area contributed by atoms with Crippen LogP contribution in [-0.2, 0) is 26.5 Å². The SMILES string of the molecule is CS(=O)(=O)N1CCCC(NS(=O)(=O)c2ccc3c(c2)CCO3)C1. The molecule has 0 saturated carbocycles. The van der Waals surface area contributed by atoms with Crippen LogP contribution in [0.5, 0.6) is 5.75 Å². The van der Waals surface area contributed by atoms with E-state index in [-0.39, 0.29) is 11.4 Å². The second kappa shape index (κ2) is 6.04. The Hall–Kier alpha value is -1.16. The van der Waals surface area contributed by atoms with Crippen LogP contribution in [0, 0.1) is 0 Å². The van der Waals surface area contributed by atoms with Crippen molar-refractivity contribution in [2.24, 2.45) is 0 Å². The maximum absolute atomic E-state index is 12.5. The molecule has 0 spiro atoms. The number of hydrogen-bond acceptors (Lipinski definition) is 5. The summed E-state index contributed by atoms with van der Waals surface area (Å²) in [6.45, 7) is 1.18. The third kappa shape index (κ3) is 3.68. The Bertz CT molecular complexity index is 804. The number of nitrogens with one attached hydrogen (secondary N) is 1. The normalized spacial score (nSPS) is 22.6. The first-order valence-electron chi connectivity index (χ1n) is 7.49. The number of hydrogen-bond donors (Lipinski definition) is 1. The number of nitrogens with zero attached hydrogens (tertiary/aromatic N) is 1. The number of ether oxygens (including phenoxy) is 1. The Morgan fingerprint density at radius 2 is 2.04 bits per heavy atom. The van der Waals surface area contributed by atoms with Crippen molar-refractivity contribution in [2.75, 3.05) is 26.0 Å². The molecule has 1 unspecified atom stereocenters. The predicted molar refractivity (Wildman–Crippen MR) is 85.4 cm³/mol. The van der Waals surface area contributed by atoms with Crippen molar-refractivity contribution in [3.8, 4) is 5.75 Å². The van der Waals surface area contributed by atoms with Crippen LogP contribution in [0.4, 0.5) is 0 Å². The van der Waals surface area contributed by atoms with Gasteiger partial charge in [-0.1, -0.05) is 0 Å². The number of benzene rings is 1. The first-order chi connectivity index (χ1) is 10.8. The van der Waals surface area contributed by atoms with Crippen LogP contribution < -0.4 is 9.46 Å².